The standard InChI is InChI=1S/C13H22N2O2/c1-9(2)7-10-11(15-17-12(10)14)8-13(16-3)5-4-6-13/h9H,4-8,14H2,1-3H3. The van der Waals surface area contributed by atoms with E-state index in [0.29, 0.717) is 11.8 Å². The van der Waals surface area contributed by atoms with Crippen LogP contribution in [0.5, 0.6) is 0 Å². The number of ether oxygens (including phenoxy) is 1. The van der Waals surface area contributed by atoms with Crippen molar-refractivity contribution in [1.29, 1.82) is 0 Å². The Labute approximate surface area is 102 Å². The van der Waals surface area contributed by atoms with Gasteiger partial charge in [0.25, 0.3) is 0 Å². The molecule has 4 heteroatoms. The molecule has 0 radical (unpaired) electrons. The lowest BCUT2D eigenvalue weighted by molar-refractivity contribution is -0.0719. The number of rotatable bonds is 5. The molecule has 2 N–H and O–H groups in total. The van der Waals surface area contributed by atoms with Gasteiger partial charge in [-0.2, -0.15) is 0 Å². The van der Waals surface area contributed by atoms with Crippen molar-refractivity contribution in [3.05, 3.63) is 11.3 Å². The molecule has 0 bridgehead atoms. The zero-order valence-electron chi connectivity index (χ0n) is 11.0. The highest BCUT2D eigenvalue weighted by Gasteiger charge is 2.38. The van der Waals surface area contributed by atoms with Crippen LogP contribution in [0, 0.1) is 5.92 Å². The van der Waals surface area contributed by atoms with E-state index in [9.17, 15) is 0 Å². The quantitative estimate of drug-likeness (QED) is 0.856. The average Bonchev–Trinajstić information content (AvgIpc) is 2.54. The second-order valence-electron chi connectivity index (χ2n) is 5.49. The Morgan fingerprint density at radius 1 is 1.47 bits per heavy atom. The maximum atomic E-state index is 5.84. The molecule has 1 fully saturated rings. The van der Waals surface area contributed by atoms with E-state index in [0.717, 1.165) is 36.9 Å². The van der Waals surface area contributed by atoms with Crippen molar-refractivity contribution in [2.45, 2.75) is 51.6 Å². The van der Waals surface area contributed by atoms with Gasteiger partial charge in [0.15, 0.2) is 0 Å². The molecule has 1 aromatic heterocycles. The lowest BCUT2D eigenvalue weighted by atomic mass is 9.76. The Bertz CT molecular complexity index is 375. The van der Waals surface area contributed by atoms with Gasteiger partial charge < -0.3 is 15.0 Å². The van der Waals surface area contributed by atoms with E-state index in [1.807, 2.05) is 0 Å². The fourth-order valence-corrected chi connectivity index (χ4v) is 2.45. The van der Waals surface area contributed by atoms with Crippen LogP contribution in [0.4, 0.5) is 5.88 Å². The largest absolute Gasteiger partial charge is 0.378 e. The van der Waals surface area contributed by atoms with Crippen molar-refractivity contribution in [2.24, 2.45) is 5.92 Å². The lowest BCUT2D eigenvalue weighted by Gasteiger charge is -2.40. The van der Waals surface area contributed by atoms with Gasteiger partial charge in [-0.25, -0.2) is 0 Å². The zero-order valence-corrected chi connectivity index (χ0v) is 11.0. The molecule has 0 aromatic carbocycles. The predicted molar refractivity (Wildman–Crippen MR) is 66.8 cm³/mol. The predicted octanol–water partition coefficient (Wildman–Crippen LogP) is 2.57. The Morgan fingerprint density at radius 3 is 2.65 bits per heavy atom. The molecule has 1 aliphatic carbocycles. The van der Waals surface area contributed by atoms with Crippen molar-refractivity contribution < 1.29 is 9.26 Å². The molecular weight excluding hydrogens is 216 g/mol. The molecule has 1 aromatic rings. The summed E-state index contributed by atoms with van der Waals surface area (Å²) < 4.78 is 10.8. The highest BCUT2D eigenvalue weighted by atomic mass is 16.5. The summed E-state index contributed by atoms with van der Waals surface area (Å²) in [6.45, 7) is 4.34. The topological polar surface area (TPSA) is 61.3 Å². The summed E-state index contributed by atoms with van der Waals surface area (Å²) in [7, 11) is 1.78. The SMILES string of the molecule is COC1(Cc2noc(N)c2CC(C)C)CCC1. The molecule has 0 aliphatic heterocycles. The Hall–Kier alpha value is -1.03. The van der Waals surface area contributed by atoms with Crippen LogP contribution in [0.25, 0.3) is 0 Å². The van der Waals surface area contributed by atoms with Gasteiger partial charge >= 0.3 is 0 Å². The van der Waals surface area contributed by atoms with E-state index in [1.165, 1.54) is 6.42 Å². The third-order valence-electron chi connectivity index (χ3n) is 3.70. The van der Waals surface area contributed by atoms with E-state index >= 15 is 0 Å². The maximum absolute atomic E-state index is 5.84. The van der Waals surface area contributed by atoms with Crippen molar-refractivity contribution in [3.8, 4) is 0 Å². The van der Waals surface area contributed by atoms with Crippen LogP contribution in [-0.4, -0.2) is 17.9 Å². The van der Waals surface area contributed by atoms with Crippen molar-refractivity contribution in [2.75, 3.05) is 12.8 Å². The summed E-state index contributed by atoms with van der Waals surface area (Å²) in [5, 5.41) is 4.10. The van der Waals surface area contributed by atoms with Crippen LogP contribution < -0.4 is 5.73 Å². The second kappa shape index (κ2) is 4.69. The zero-order chi connectivity index (χ0) is 12.5. The molecule has 1 saturated carbocycles. The maximum Gasteiger partial charge on any atom is 0.225 e. The van der Waals surface area contributed by atoms with E-state index in [4.69, 9.17) is 15.0 Å². The number of hydrogen-bond acceptors (Lipinski definition) is 4. The minimum atomic E-state index is -0.0188. The molecular formula is C13H22N2O2. The summed E-state index contributed by atoms with van der Waals surface area (Å²) in [5.41, 5.74) is 7.88. The van der Waals surface area contributed by atoms with Gasteiger partial charge in [0.05, 0.1) is 11.3 Å². The van der Waals surface area contributed by atoms with Crippen LogP contribution in [0.3, 0.4) is 0 Å². The van der Waals surface area contributed by atoms with E-state index in [1.54, 1.807) is 7.11 Å². The van der Waals surface area contributed by atoms with Crippen molar-refractivity contribution >= 4 is 5.88 Å². The monoisotopic (exact) mass is 238 g/mol. The molecule has 1 heterocycles. The number of nitrogen functional groups attached to an aromatic ring is 1. The second-order valence-corrected chi connectivity index (χ2v) is 5.49. The Balaban J connectivity index is 2.15. The molecule has 0 atom stereocenters. The van der Waals surface area contributed by atoms with Gasteiger partial charge in [-0.1, -0.05) is 19.0 Å². The number of nitrogens with zero attached hydrogens (tertiary/aromatic N) is 1. The van der Waals surface area contributed by atoms with Gasteiger partial charge in [-0.05, 0) is 31.6 Å². The van der Waals surface area contributed by atoms with Crippen LogP contribution in [0.2, 0.25) is 0 Å². The minimum Gasteiger partial charge on any atom is -0.378 e. The molecule has 4 nitrogen and oxygen atoms in total. The van der Waals surface area contributed by atoms with Crippen molar-refractivity contribution in [3.63, 3.8) is 0 Å². The first kappa shape index (κ1) is 12.4. The number of hydrogen-bond donors (Lipinski definition) is 1. The van der Waals surface area contributed by atoms with E-state index in [2.05, 4.69) is 19.0 Å². The summed E-state index contributed by atoms with van der Waals surface area (Å²) in [5.74, 6) is 1.02. The molecule has 1 aliphatic rings. The van der Waals surface area contributed by atoms with Gasteiger partial charge in [-0.3, -0.25) is 0 Å². The van der Waals surface area contributed by atoms with E-state index in [-0.39, 0.29) is 5.60 Å². The van der Waals surface area contributed by atoms with Gasteiger partial charge in [0.2, 0.25) is 5.88 Å². The average molecular weight is 238 g/mol. The third-order valence-corrected chi connectivity index (χ3v) is 3.70. The number of anilines is 1. The minimum absolute atomic E-state index is 0.0188. The highest BCUT2D eigenvalue weighted by molar-refractivity contribution is 5.40. The number of aromatic nitrogens is 1. The first-order valence-electron chi connectivity index (χ1n) is 6.34. The Kier molecular flexibility index (Phi) is 3.43. The molecule has 2 rings (SSSR count). The third kappa shape index (κ3) is 2.46. The van der Waals surface area contributed by atoms with Gasteiger partial charge in [-0.15, -0.1) is 0 Å². The molecule has 0 amide bonds. The molecule has 0 saturated heterocycles. The Morgan fingerprint density at radius 2 is 2.18 bits per heavy atom. The van der Waals surface area contributed by atoms with Crippen molar-refractivity contribution in [1.82, 2.24) is 5.16 Å². The first-order chi connectivity index (χ1) is 8.06. The normalized spacial score (nSPS) is 18.4. The van der Waals surface area contributed by atoms with Crippen LogP contribution in [0.15, 0.2) is 4.52 Å². The highest BCUT2D eigenvalue weighted by Crippen LogP contribution is 2.39. The first-order valence-corrected chi connectivity index (χ1v) is 6.34. The summed E-state index contributed by atoms with van der Waals surface area (Å²) >= 11 is 0. The summed E-state index contributed by atoms with van der Waals surface area (Å²) in [6.07, 6.45) is 5.20. The fraction of sp³-hybridized carbons (Fsp3) is 0.769. The molecule has 0 spiro atoms. The van der Waals surface area contributed by atoms with Gasteiger partial charge in [0.1, 0.15) is 0 Å². The fourth-order valence-electron chi connectivity index (χ4n) is 2.45. The summed E-state index contributed by atoms with van der Waals surface area (Å²) in [4.78, 5) is 0. The molecule has 17 heavy (non-hydrogen) atoms. The van der Waals surface area contributed by atoms with Crippen LogP contribution >= 0.6 is 0 Å². The van der Waals surface area contributed by atoms with Gasteiger partial charge in [0, 0.05) is 19.1 Å². The lowest BCUT2D eigenvalue weighted by Crippen LogP contribution is -2.41. The van der Waals surface area contributed by atoms with Crippen LogP contribution in [0.1, 0.15) is 44.4 Å². The summed E-state index contributed by atoms with van der Waals surface area (Å²) in [6, 6.07) is 0. The van der Waals surface area contributed by atoms with E-state index < -0.39 is 0 Å². The smallest absolute Gasteiger partial charge is 0.225 e. The number of nitrogens with two attached hydrogens (primary N) is 1. The molecule has 0 unspecified atom stereocenters. The van der Waals surface area contributed by atoms with Crippen LogP contribution in [-0.2, 0) is 17.6 Å². The number of methoxy groups -OCH3 is 1. The molecule has 96 valence electrons.